The second kappa shape index (κ2) is 4.75. The van der Waals surface area contributed by atoms with Gasteiger partial charge in [-0.05, 0) is 6.07 Å². The Kier molecular flexibility index (Phi) is 3.33. The number of halogens is 1. The molecule has 5 heteroatoms. The normalized spacial score (nSPS) is 20.0. The van der Waals surface area contributed by atoms with E-state index in [1.165, 1.54) is 6.92 Å². The minimum atomic E-state index is -0.616. The van der Waals surface area contributed by atoms with Crippen molar-refractivity contribution in [1.82, 2.24) is 10.2 Å². The number of nitrogens with zero attached hydrogens (tertiary/aromatic N) is 1. The van der Waals surface area contributed by atoms with E-state index in [0.717, 1.165) is 0 Å². The van der Waals surface area contributed by atoms with E-state index < -0.39 is 6.04 Å². The van der Waals surface area contributed by atoms with Crippen molar-refractivity contribution < 1.29 is 9.59 Å². The summed E-state index contributed by atoms with van der Waals surface area (Å²) < 4.78 is 0. The maximum Gasteiger partial charge on any atom is 0.247 e. The van der Waals surface area contributed by atoms with Crippen molar-refractivity contribution in [3.05, 3.63) is 34.9 Å². The number of hydrogen-bond donors (Lipinski definition) is 1. The number of piperazine rings is 1. The van der Waals surface area contributed by atoms with E-state index >= 15 is 0 Å². The third-order valence-corrected chi connectivity index (χ3v) is 3.16. The van der Waals surface area contributed by atoms with Gasteiger partial charge in [-0.15, -0.1) is 0 Å². The molecule has 1 atom stereocenters. The molecule has 0 saturated carbocycles. The van der Waals surface area contributed by atoms with Gasteiger partial charge in [-0.3, -0.25) is 9.59 Å². The Morgan fingerprint density at radius 2 is 2.18 bits per heavy atom. The molecule has 1 N–H and O–H groups in total. The van der Waals surface area contributed by atoms with Gasteiger partial charge in [0.1, 0.15) is 6.04 Å². The summed E-state index contributed by atoms with van der Waals surface area (Å²) in [6.45, 7) is 2.46. The van der Waals surface area contributed by atoms with E-state index in [-0.39, 0.29) is 11.8 Å². The molecular weight excluding hydrogens is 240 g/mol. The molecule has 0 bridgehead atoms. The largest absolute Gasteiger partial charge is 0.352 e. The minimum absolute atomic E-state index is 0.121. The Morgan fingerprint density at radius 1 is 1.47 bits per heavy atom. The van der Waals surface area contributed by atoms with Crippen molar-refractivity contribution in [2.75, 3.05) is 13.1 Å². The number of benzene rings is 1. The van der Waals surface area contributed by atoms with Gasteiger partial charge in [-0.1, -0.05) is 29.8 Å². The quantitative estimate of drug-likeness (QED) is 0.821. The molecule has 1 aromatic rings. The summed E-state index contributed by atoms with van der Waals surface area (Å²) in [5.41, 5.74) is 0.668. The Labute approximate surface area is 105 Å². The highest BCUT2D eigenvalue weighted by Gasteiger charge is 2.33. The van der Waals surface area contributed by atoms with Gasteiger partial charge in [0.05, 0.1) is 0 Å². The van der Waals surface area contributed by atoms with Gasteiger partial charge in [0.15, 0.2) is 0 Å². The van der Waals surface area contributed by atoms with Crippen molar-refractivity contribution in [3.63, 3.8) is 0 Å². The highest BCUT2D eigenvalue weighted by molar-refractivity contribution is 6.31. The van der Waals surface area contributed by atoms with Crippen LogP contribution in [0.4, 0.5) is 0 Å². The van der Waals surface area contributed by atoms with Crippen LogP contribution >= 0.6 is 11.6 Å². The fourth-order valence-corrected chi connectivity index (χ4v) is 2.25. The molecule has 1 saturated heterocycles. The van der Waals surface area contributed by atoms with Crippen LogP contribution in [0.2, 0.25) is 5.02 Å². The van der Waals surface area contributed by atoms with Crippen LogP contribution in [0, 0.1) is 0 Å². The van der Waals surface area contributed by atoms with Gasteiger partial charge < -0.3 is 10.2 Å². The van der Waals surface area contributed by atoms with Gasteiger partial charge in [0.25, 0.3) is 0 Å². The minimum Gasteiger partial charge on any atom is -0.352 e. The zero-order valence-electron chi connectivity index (χ0n) is 9.44. The van der Waals surface area contributed by atoms with Crippen LogP contribution in [0.15, 0.2) is 24.3 Å². The number of nitrogens with one attached hydrogen (secondary N) is 1. The second-order valence-electron chi connectivity index (χ2n) is 3.93. The first-order chi connectivity index (χ1) is 8.11. The van der Waals surface area contributed by atoms with E-state index in [2.05, 4.69) is 5.32 Å². The van der Waals surface area contributed by atoms with E-state index in [9.17, 15) is 9.59 Å². The lowest BCUT2D eigenvalue weighted by atomic mass is 10.0. The van der Waals surface area contributed by atoms with E-state index in [1.54, 1.807) is 29.2 Å². The maximum absolute atomic E-state index is 11.9. The molecule has 1 fully saturated rings. The zero-order chi connectivity index (χ0) is 12.4. The predicted octanol–water partition coefficient (Wildman–Crippen LogP) is 1.36. The number of amides is 2. The van der Waals surface area contributed by atoms with E-state index in [0.29, 0.717) is 23.7 Å². The molecule has 0 aliphatic carbocycles. The SMILES string of the molecule is CC(=O)N1CCNC(=O)C1c1ccccc1Cl. The van der Waals surface area contributed by atoms with E-state index in [4.69, 9.17) is 11.6 Å². The lowest BCUT2D eigenvalue weighted by molar-refractivity contribution is -0.142. The monoisotopic (exact) mass is 252 g/mol. The van der Waals surface area contributed by atoms with Gasteiger partial charge in [0, 0.05) is 30.6 Å². The summed E-state index contributed by atoms with van der Waals surface area (Å²) in [7, 11) is 0. The second-order valence-corrected chi connectivity index (χ2v) is 4.33. The maximum atomic E-state index is 11.9. The van der Waals surface area contributed by atoms with Crippen molar-refractivity contribution in [2.45, 2.75) is 13.0 Å². The summed E-state index contributed by atoms with van der Waals surface area (Å²) in [5.74, 6) is -0.302. The molecule has 1 aromatic carbocycles. The van der Waals surface area contributed by atoms with Gasteiger partial charge in [-0.25, -0.2) is 0 Å². The summed E-state index contributed by atoms with van der Waals surface area (Å²) in [6, 6.07) is 6.48. The van der Waals surface area contributed by atoms with Gasteiger partial charge >= 0.3 is 0 Å². The molecule has 4 nitrogen and oxygen atoms in total. The summed E-state index contributed by atoms with van der Waals surface area (Å²) in [5, 5.41) is 3.25. The molecule has 0 spiro atoms. The lowest BCUT2D eigenvalue weighted by Gasteiger charge is -2.34. The summed E-state index contributed by atoms with van der Waals surface area (Å²) in [6.07, 6.45) is 0. The van der Waals surface area contributed by atoms with E-state index in [1.807, 2.05) is 0 Å². The van der Waals surface area contributed by atoms with Crippen LogP contribution in [0.1, 0.15) is 18.5 Å². The third-order valence-electron chi connectivity index (χ3n) is 2.82. The highest BCUT2D eigenvalue weighted by atomic mass is 35.5. The molecule has 0 radical (unpaired) electrons. The number of carbonyl (C=O) groups is 2. The molecule has 1 heterocycles. The third kappa shape index (κ3) is 2.26. The van der Waals surface area contributed by atoms with Crippen molar-refractivity contribution in [1.29, 1.82) is 0 Å². The first-order valence-electron chi connectivity index (χ1n) is 5.40. The topological polar surface area (TPSA) is 49.4 Å². The Morgan fingerprint density at radius 3 is 2.82 bits per heavy atom. The molecule has 2 rings (SSSR count). The molecule has 0 aromatic heterocycles. The first kappa shape index (κ1) is 11.9. The number of rotatable bonds is 1. The van der Waals surface area contributed by atoms with Crippen molar-refractivity contribution in [2.24, 2.45) is 0 Å². The first-order valence-corrected chi connectivity index (χ1v) is 5.78. The van der Waals surface area contributed by atoms with Crippen LogP contribution < -0.4 is 5.32 Å². The Bertz CT molecular complexity index is 462. The summed E-state index contributed by atoms with van der Waals surface area (Å²) >= 11 is 6.07. The van der Waals surface area contributed by atoms with Gasteiger partial charge in [-0.2, -0.15) is 0 Å². The molecule has 1 aliphatic rings. The lowest BCUT2D eigenvalue weighted by Crippen LogP contribution is -2.51. The fourth-order valence-electron chi connectivity index (χ4n) is 2.01. The average Bonchev–Trinajstić information content (AvgIpc) is 2.30. The average molecular weight is 253 g/mol. The Hall–Kier alpha value is -1.55. The molecular formula is C12H13ClN2O2. The predicted molar refractivity (Wildman–Crippen MR) is 64.6 cm³/mol. The molecule has 90 valence electrons. The smallest absolute Gasteiger partial charge is 0.247 e. The van der Waals surface area contributed by atoms with Crippen LogP contribution in [0.25, 0.3) is 0 Å². The zero-order valence-corrected chi connectivity index (χ0v) is 10.2. The van der Waals surface area contributed by atoms with Crippen molar-refractivity contribution in [3.8, 4) is 0 Å². The van der Waals surface area contributed by atoms with Crippen LogP contribution in [-0.2, 0) is 9.59 Å². The number of carbonyl (C=O) groups excluding carboxylic acids is 2. The fraction of sp³-hybridized carbons (Fsp3) is 0.333. The molecule has 1 unspecified atom stereocenters. The molecule has 17 heavy (non-hydrogen) atoms. The van der Waals surface area contributed by atoms with Gasteiger partial charge in [0.2, 0.25) is 11.8 Å². The van der Waals surface area contributed by atoms with Crippen LogP contribution in [0.5, 0.6) is 0 Å². The molecule has 1 aliphatic heterocycles. The number of hydrogen-bond acceptors (Lipinski definition) is 2. The highest BCUT2D eigenvalue weighted by Crippen LogP contribution is 2.29. The van der Waals surface area contributed by atoms with Crippen molar-refractivity contribution >= 4 is 23.4 Å². The standard InChI is InChI=1S/C12H13ClN2O2/c1-8(16)15-7-6-14-12(17)11(15)9-4-2-3-5-10(9)13/h2-5,11H,6-7H2,1H3,(H,14,17). The van der Waals surface area contributed by atoms with Crippen LogP contribution in [-0.4, -0.2) is 29.8 Å². The molecule has 2 amide bonds. The summed E-state index contributed by atoms with van der Waals surface area (Å²) in [4.78, 5) is 25.0. The van der Waals surface area contributed by atoms with Crippen LogP contribution in [0.3, 0.4) is 0 Å². The Balaban J connectivity index is 2.42.